The minimum Gasteiger partial charge on any atom is -0.315 e. The van der Waals surface area contributed by atoms with Gasteiger partial charge in [0, 0.05) is 24.7 Å². The lowest BCUT2D eigenvalue weighted by Gasteiger charge is -2.10. The SMILES string of the molecule is CCCCCCCCC(=O)c1ccc2c(c1)CC(=O)N2C. The van der Waals surface area contributed by atoms with Gasteiger partial charge in [-0.25, -0.2) is 0 Å². The summed E-state index contributed by atoms with van der Waals surface area (Å²) in [7, 11) is 1.78. The molecule has 0 radical (unpaired) electrons. The van der Waals surface area contributed by atoms with Crippen molar-refractivity contribution in [3.63, 3.8) is 0 Å². The molecule has 2 rings (SSSR count). The van der Waals surface area contributed by atoms with Gasteiger partial charge >= 0.3 is 0 Å². The van der Waals surface area contributed by atoms with Crippen LogP contribution in [-0.2, 0) is 11.2 Å². The van der Waals surface area contributed by atoms with Gasteiger partial charge < -0.3 is 4.90 Å². The fourth-order valence-corrected chi connectivity index (χ4v) is 2.85. The zero-order valence-corrected chi connectivity index (χ0v) is 13.2. The van der Waals surface area contributed by atoms with Crippen LogP contribution in [-0.4, -0.2) is 18.7 Å². The van der Waals surface area contributed by atoms with Gasteiger partial charge in [0.15, 0.2) is 5.78 Å². The van der Waals surface area contributed by atoms with Crippen molar-refractivity contribution >= 4 is 17.4 Å². The van der Waals surface area contributed by atoms with Crippen molar-refractivity contribution in [2.75, 3.05) is 11.9 Å². The fourth-order valence-electron chi connectivity index (χ4n) is 2.85. The number of ketones is 1. The molecule has 1 amide bonds. The number of hydrogen-bond donors (Lipinski definition) is 0. The van der Waals surface area contributed by atoms with Gasteiger partial charge in [-0.3, -0.25) is 9.59 Å². The first-order valence-electron chi connectivity index (χ1n) is 8.06. The number of Topliss-reactive ketones (excluding diaryl/α,β-unsaturated/α-hetero) is 1. The molecule has 21 heavy (non-hydrogen) atoms. The average Bonchev–Trinajstić information content (AvgIpc) is 2.77. The van der Waals surface area contributed by atoms with Crippen LogP contribution < -0.4 is 4.90 Å². The first-order valence-corrected chi connectivity index (χ1v) is 8.06. The maximum Gasteiger partial charge on any atom is 0.231 e. The molecule has 0 atom stereocenters. The molecule has 0 aromatic heterocycles. The van der Waals surface area contributed by atoms with Crippen LogP contribution >= 0.6 is 0 Å². The second-order valence-electron chi connectivity index (χ2n) is 5.91. The molecule has 1 aromatic carbocycles. The van der Waals surface area contributed by atoms with Gasteiger partial charge in [0.1, 0.15) is 0 Å². The molecule has 114 valence electrons. The van der Waals surface area contributed by atoms with Crippen molar-refractivity contribution in [3.8, 4) is 0 Å². The van der Waals surface area contributed by atoms with Gasteiger partial charge in [-0.15, -0.1) is 0 Å². The number of amides is 1. The highest BCUT2D eigenvalue weighted by Gasteiger charge is 2.24. The summed E-state index contributed by atoms with van der Waals surface area (Å²) < 4.78 is 0. The predicted molar refractivity (Wildman–Crippen MR) is 85.9 cm³/mol. The van der Waals surface area contributed by atoms with Crippen LogP contribution in [0.1, 0.15) is 67.8 Å². The highest BCUT2D eigenvalue weighted by Crippen LogP contribution is 2.28. The predicted octanol–water partition coefficient (Wildman–Crippen LogP) is 4.14. The number of likely N-dealkylation sites (N-methyl/N-ethyl adjacent to an activating group) is 1. The number of hydrogen-bond acceptors (Lipinski definition) is 2. The van der Waals surface area contributed by atoms with Crippen LogP contribution in [0.25, 0.3) is 0 Å². The lowest BCUT2D eigenvalue weighted by molar-refractivity contribution is -0.117. The molecule has 0 saturated heterocycles. The molecular formula is C18H25NO2. The Hall–Kier alpha value is -1.64. The summed E-state index contributed by atoms with van der Waals surface area (Å²) in [6.07, 6.45) is 8.19. The first kappa shape index (κ1) is 15.7. The van der Waals surface area contributed by atoms with Gasteiger partial charge in [0.05, 0.1) is 6.42 Å². The summed E-state index contributed by atoms with van der Waals surface area (Å²) in [5.41, 5.74) is 2.68. The van der Waals surface area contributed by atoms with Crippen LogP contribution in [0.3, 0.4) is 0 Å². The van der Waals surface area contributed by atoms with E-state index in [9.17, 15) is 9.59 Å². The molecule has 1 aliphatic rings. The number of unbranched alkanes of at least 4 members (excludes halogenated alkanes) is 5. The zero-order valence-electron chi connectivity index (χ0n) is 13.2. The molecule has 0 spiro atoms. The molecule has 0 saturated carbocycles. The largest absolute Gasteiger partial charge is 0.315 e. The number of anilines is 1. The Morgan fingerprint density at radius 2 is 1.86 bits per heavy atom. The van der Waals surface area contributed by atoms with Crippen molar-refractivity contribution < 1.29 is 9.59 Å². The number of rotatable bonds is 8. The standard InChI is InChI=1S/C18H25NO2/c1-3-4-5-6-7-8-9-17(20)14-10-11-16-15(12-14)13-18(21)19(16)2/h10-12H,3-9,13H2,1-2H3. The third kappa shape index (κ3) is 3.93. The summed E-state index contributed by atoms with van der Waals surface area (Å²) in [6, 6.07) is 5.65. The quantitative estimate of drug-likeness (QED) is 0.532. The van der Waals surface area contributed by atoms with Crippen LogP contribution in [0.15, 0.2) is 18.2 Å². The zero-order chi connectivity index (χ0) is 15.2. The van der Waals surface area contributed by atoms with E-state index in [-0.39, 0.29) is 11.7 Å². The third-order valence-corrected chi connectivity index (χ3v) is 4.24. The summed E-state index contributed by atoms with van der Waals surface area (Å²) in [5.74, 6) is 0.306. The lowest BCUT2D eigenvalue weighted by Crippen LogP contribution is -2.20. The minimum absolute atomic E-state index is 0.102. The molecule has 3 nitrogen and oxygen atoms in total. The molecule has 3 heteroatoms. The average molecular weight is 287 g/mol. The maximum absolute atomic E-state index is 12.2. The Kier molecular flexibility index (Phi) is 5.54. The monoisotopic (exact) mass is 287 g/mol. The Bertz CT molecular complexity index is 522. The molecule has 0 aliphatic carbocycles. The van der Waals surface area contributed by atoms with E-state index in [1.807, 2.05) is 18.2 Å². The van der Waals surface area contributed by atoms with Crippen molar-refractivity contribution in [1.82, 2.24) is 0 Å². The van der Waals surface area contributed by atoms with Crippen LogP contribution in [0.5, 0.6) is 0 Å². The number of carbonyl (C=O) groups is 2. The number of carbonyl (C=O) groups excluding carboxylic acids is 2. The summed E-state index contributed by atoms with van der Waals surface area (Å²) in [4.78, 5) is 25.5. The van der Waals surface area contributed by atoms with Gasteiger partial charge in [0.25, 0.3) is 0 Å². The lowest BCUT2D eigenvalue weighted by atomic mass is 10.0. The molecule has 0 unspecified atom stereocenters. The second-order valence-corrected chi connectivity index (χ2v) is 5.91. The van der Waals surface area contributed by atoms with E-state index in [2.05, 4.69) is 6.92 Å². The number of fused-ring (bicyclic) bond motifs is 1. The molecule has 0 bridgehead atoms. The number of benzene rings is 1. The van der Waals surface area contributed by atoms with E-state index in [1.165, 1.54) is 25.7 Å². The Labute approximate surface area is 127 Å². The van der Waals surface area contributed by atoms with E-state index in [4.69, 9.17) is 0 Å². The smallest absolute Gasteiger partial charge is 0.231 e. The number of nitrogens with zero attached hydrogens (tertiary/aromatic N) is 1. The van der Waals surface area contributed by atoms with Gasteiger partial charge in [0.2, 0.25) is 5.91 Å². The molecule has 0 N–H and O–H groups in total. The maximum atomic E-state index is 12.2. The normalized spacial score (nSPS) is 13.6. The third-order valence-electron chi connectivity index (χ3n) is 4.24. The minimum atomic E-state index is 0.102. The first-order chi connectivity index (χ1) is 10.1. The summed E-state index contributed by atoms with van der Waals surface area (Å²) in [6.45, 7) is 2.21. The van der Waals surface area contributed by atoms with Crippen molar-refractivity contribution in [3.05, 3.63) is 29.3 Å². The molecule has 0 fully saturated rings. The molecule has 1 heterocycles. The molecular weight excluding hydrogens is 262 g/mol. The second kappa shape index (κ2) is 7.39. The highest BCUT2D eigenvalue weighted by atomic mass is 16.2. The Balaban J connectivity index is 1.84. The van der Waals surface area contributed by atoms with Crippen molar-refractivity contribution in [2.24, 2.45) is 0 Å². The van der Waals surface area contributed by atoms with Crippen LogP contribution in [0.4, 0.5) is 5.69 Å². The van der Waals surface area contributed by atoms with Gasteiger partial charge in [-0.2, -0.15) is 0 Å². The van der Waals surface area contributed by atoms with E-state index < -0.39 is 0 Å². The van der Waals surface area contributed by atoms with E-state index in [0.717, 1.165) is 29.7 Å². The molecule has 1 aromatic rings. The van der Waals surface area contributed by atoms with Gasteiger partial charge in [-0.1, -0.05) is 39.0 Å². The van der Waals surface area contributed by atoms with E-state index in [0.29, 0.717) is 12.8 Å². The van der Waals surface area contributed by atoms with Crippen LogP contribution in [0, 0.1) is 0 Å². The van der Waals surface area contributed by atoms with E-state index in [1.54, 1.807) is 11.9 Å². The van der Waals surface area contributed by atoms with Gasteiger partial charge in [-0.05, 0) is 30.2 Å². The molecule has 1 aliphatic heterocycles. The van der Waals surface area contributed by atoms with Crippen molar-refractivity contribution in [1.29, 1.82) is 0 Å². The Morgan fingerprint density at radius 1 is 1.14 bits per heavy atom. The fraction of sp³-hybridized carbons (Fsp3) is 0.556. The summed E-state index contributed by atoms with van der Waals surface area (Å²) >= 11 is 0. The van der Waals surface area contributed by atoms with Crippen LogP contribution in [0.2, 0.25) is 0 Å². The Morgan fingerprint density at radius 3 is 2.62 bits per heavy atom. The van der Waals surface area contributed by atoms with E-state index >= 15 is 0 Å². The topological polar surface area (TPSA) is 37.4 Å². The summed E-state index contributed by atoms with van der Waals surface area (Å²) in [5, 5.41) is 0. The van der Waals surface area contributed by atoms with Crippen molar-refractivity contribution in [2.45, 2.75) is 58.3 Å². The highest BCUT2D eigenvalue weighted by molar-refractivity contribution is 6.03.